The van der Waals surface area contributed by atoms with E-state index >= 15 is 0 Å². The third kappa shape index (κ3) is 3.68. The van der Waals surface area contributed by atoms with Crippen LogP contribution in [-0.2, 0) is 9.53 Å². The van der Waals surface area contributed by atoms with Crippen LogP contribution in [0.4, 0.5) is 5.69 Å². The zero-order chi connectivity index (χ0) is 14.8. The maximum atomic E-state index is 11.9. The minimum atomic E-state index is -0.346. The topological polar surface area (TPSA) is 51.2 Å². The highest BCUT2D eigenvalue weighted by Crippen LogP contribution is 2.27. The quantitative estimate of drug-likeness (QED) is 0.939. The van der Waals surface area contributed by atoms with Crippen molar-refractivity contribution in [1.82, 2.24) is 4.98 Å². The Morgan fingerprint density at radius 2 is 2.10 bits per heavy atom. The second-order valence-electron chi connectivity index (χ2n) is 5.44. The van der Waals surface area contributed by atoms with Gasteiger partial charge in [0.25, 0.3) is 0 Å². The third-order valence-corrected chi connectivity index (χ3v) is 2.94. The highest BCUT2D eigenvalue weighted by Gasteiger charge is 2.14. The average Bonchev–Trinajstić information content (AvgIpc) is 2.39. The Balaban J connectivity index is 2.18. The van der Waals surface area contributed by atoms with Crippen molar-refractivity contribution in [2.75, 3.05) is 11.9 Å². The molecule has 5 heteroatoms. The molecule has 106 valence electrons. The number of carbonyl (C=O) groups excluding carboxylic acids is 1. The lowest BCUT2D eigenvalue weighted by Gasteiger charge is -2.19. The molecule has 0 radical (unpaired) electrons. The van der Waals surface area contributed by atoms with Gasteiger partial charge in [0.1, 0.15) is 6.61 Å². The number of ether oxygens (including phenoxy) is 1. The Bertz CT molecular complexity index is 635. The van der Waals surface area contributed by atoms with Crippen molar-refractivity contribution in [1.29, 1.82) is 0 Å². The fraction of sp³-hybridized carbons (Fsp3) is 0.333. The normalized spacial score (nSPS) is 11.6. The van der Waals surface area contributed by atoms with Crippen LogP contribution in [-0.4, -0.2) is 23.1 Å². The van der Waals surface area contributed by atoms with Crippen molar-refractivity contribution in [3.63, 3.8) is 0 Å². The molecule has 0 saturated heterocycles. The van der Waals surface area contributed by atoms with Crippen LogP contribution >= 0.6 is 11.6 Å². The largest absolute Gasteiger partial charge is 0.366 e. The van der Waals surface area contributed by atoms with Crippen LogP contribution < -0.4 is 5.32 Å². The summed E-state index contributed by atoms with van der Waals surface area (Å²) in [4.78, 5) is 16.1. The molecule has 1 amide bonds. The van der Waals surface area contributed by atoms with Crippen molar-refractivity contribution < 1.29 is 9.53 Å². The molecule has 1 N–H and O–H groups in total. The molecule has 4 nitrogen and oxygen atoms in total. The van der Waals surface area contributed by atoms with Gasteiger partial charge >= 0.3 is 0 Å². The predicted molar refractivity (Wildman–Crippen MR) is 81.1 cm³/mol. The number of rotatable bonds is 3. The Morgan fingerprint density at radius 3 is 2.80 bits per heavy atom. The number of benzene rings is 1. The molecular formula is C15H17ClN2O2. The zero-order valence-corrected chi connectivity index (χ0v) is 12.5. The second-order valence-corrected chi connectivity index (χ2v) is 5.85. The van der Waals surface area contributed by atoms with Gasteiger partial charge in [0.2, 0.25) is 5.91 Å². The van der Waals surface area contributed by atoms with Crippen molar-refractivity contribution >= 4 is 34.1 Å². The lowest BCUT2D eigenvalue weighted by atomic mass is 10.2. The molecule has 1 aromatic heterocycles. The van der Waals surface area contributed by atoms with Gasteiger partial charge in [0.05, 0.1) is 21.8 Å². The van der Waals surface area contributed by atoms with Gasteiger partial charge in [-0.3, -0.25) is 9.78 Å². The number of pyridine rings is 1. The first-order valence-corrected chi connectivity index (χ1v) is 6.72. The molecule has 20 heavy (non-hydrogen) atoms. The van der Waals surface area contributed by atoms with Gasteiger partial charge in [-0.05, 0) is 45.0 Å². The molecule has 0 aliphatic heterocycles. The molecule has 0 aliphatic rings. The number of anilines is 1. The molecule has 0 spiro atoms. The Morgan fingerprint density at radius 1 is 1.35 bits per heavy atom. The lowest BCUT2D eigenvalue weighted by molar-refractivity contribution is -0.125. The standard InChI is InChI=1S/C15H17ClN2O2/c1-15(2,3)20-9-13(19)18-12-7-6-11(16)14-10(12)5-4-8-17-14/h4-8H,9H2,1-3H3,(H,18,19). The van der Waals surface area contributed by atoms with Crippen LogP contribution in [0.1, 0.15) is 20.8 Å². The molecule has 1 aromatic carbocycles. The van der Waals surface area contributed by atoms with Crippen molar-refractivity contribution in [2.24, 2.45) is 0 Å². The maximum absolute atomic E-state index is 11.9. The van der Waals surface area contributed by atoms with E-state index in [4.69, 9.17) is 16.3 Å². The van der Waals surface area contributed by atoms with Gasteiger partial charge in [-0.2, -0.15) is 0 Å². The smallest absolute Gasteiger partial charge is 0.250 e. The molecular weight excluding hydrogens is 276 g/mol. The van der Waals surface area contributed by atoms with Crippen molar-refractivity contribution in [3.8, 4) is 0 Å². The first-order valence-electron chi connectivity index (χ1n) is 6.34. The van der Waals surface area contributed by atoms with E-state index in [-0.39, 0.29) is 18.1 Å². The second kappa shape index (κ2) is 5.77. The fourth-order valence-corrected chi connectivity index (χ4v) is 1.93. The number of nitrogens with one attached hydrogen (secondary N) is 1. The highest BCUT2D eigenvalue weighted by molar-refractivity contribution is 6.35. The summed E-state index contributed by atoms with van der Waals surface area (Å²) < 4.78 is 5.45. The Kier molecular flexibility index (Phi) is 4.26. The minimum absolute atomic E-state index is 0.00782. The van der Waals surface area contributed by atoms with E-state index in [1.54, 1.807) is 24.4 Å². The van der Waals surface area contributed by atoms with E-state index in [2.05, 4.69) is 10.3 Å². The van der Waals surface area contributed by atoms with Gasteiger partial charge in [-0.25, -0.2) is 0 Å². The number of hydrogen-bond acceptors (Lipinski definition) is 3. The summed E-state index contributed by atoms with van der Waals surface area (Å²) in [5.41, 5.74) is 1.00. The molecule has 1 heterocycles. The zero-order valence-electron chi connectivity index (χ0n) is 11.7. The van der Waals surface area contributed by atoms with Gasteiger partial charge in [-0.1, -0.05) is 11.6 Å². The number of fused-ring (bicyclic) bond motifs is 1. The maximum Gasteiger partial charge on any atom is 0.250 e. The van der Waals surface area contributed by atoms with Crippen LogP contribution in [0.25, 0.3) is 10.9 Å². The lowest BCUT2D eigenvalue weighted by Crippen LogP contribution is -2.27. The molecule has 0 bridgehead atoms. The van der Waals surface area contributed by atoms with E-state index in [9.17, 15) is 4.79 Å². The molecule has 0 fully saturated rings. The SMILES string of the molecule is CC(C)(C)OCC(=O)Nc1ccc(Cl)c2ncccc12. The Labute approximate surface area is 123 Å². The van der Waals surface area contributed by atoms with Gasteiger partial charge < -0.3 is 10.1 Å². The summed E-state index contributed by atoms with van der Waals surface area (Å²) in [6, 6.07) is 7.16. The first-order chi connectivity index (χ1) is 9.37. The van der Waals surface area contributed by atoms with Crippen molar-refractivity contribution in [3.05, 3.63) is 35.5 Å². The van der Waals surface area contributed by atoms with Crippen LogP contribution in [0.5, 0.6) is 0 Å². The number of halogens is 1. The predicted octanol–water partition coefficient (Wildman–Crippen LogP) is 3.64. The van der Waals surface area contributed by atoms with E-state index < -0.39 is 0 Å². The number of aromatic nitrogens is 1. The molecule has 0 unspecified atom stereocenters. The molecule has 0 aliphatic carbocycles. The average molecular weight is 293 g/mol. The van der Waals surface area contributed by atoms with E-state index in [1.165, 1.54) is 0 Å². The van der Waals surface area contributed by atoms with Crippen LogP contribution in [0.15, 0.2) is 30.5 Å². The number of nitrogens with zero attached hydrogens (tertiary/aromatic N) is 1. The summed E-state index contributed by atoms with van der Waals surface area (Å²) >= 11 is 6.09. The van der Waals surface area contributed by atoms with Gasteiger partial charge in [0.15, 0.2) is 0 Å². The molecule has 2 rings (SSSR count). The van der Waals surface area contributed by atoms with Gasteiger partial charge in [0, 0.05) is 11.6 Å². The monoisotopic (exact) mass is 292 g/mol. The summed E-state index contributed by atoms with van der Waals surface area (Å²) in [6.45, 7) is 5.72. The number of hydrogen-bond donors (Lipinski definition) is 1. The molecule has 0 saturated carbocycles. The summed E-state index contributed by atoms with van der Waals surface area (Å²) in [5, 5.41) is 4.19. The highest BCUT2D eigenvalue weighted by atomic mass is 35.5. The third-order valence-electron chi connectivity index (χ3n) is 2.63. The molecule has 2 aromatic rings. The summed E-state index contributed by atoms with van der Waals surface area (Å²) in [5.74, 6) is -0.201. The summed E-state index contributed by atoms with van der Waals surface area (Å²) in [6.07, 6.45) is 1.67. The van der Waals surface area contributed by atoms with E-state index in [0.29, 0.717) is 16.2 Å². The van der Waals surface area contributed by atoms with E-state index in [0.717, 1.165) is 5.39 Å². The Hall–Kier alpha value is -1.65. The van der Waals surface area contributed by atoms with Gasteiger partial charge in [-0.15, -0.1) is 0 Å². The van der Waals surface area contributed by atoms with Crippen LogP contribution in [0, 0.1) is 0 Å². The van der Waals surface area contributed by atoms with Crippen molar-refractivity contribution in [2.45, 2.75) is 26.4 Å². The van der Waals surface area contributed by atoms with E-state index in [1.807, 2.05) is 26.8 Å². The molecule has 0 atom stereocenters. The van der Waals surface area contributed by atoms with Crippen LogP contribution in [0.3, 0.4) is 0 Å². The number of carbonyl (C=O) groups is 1. The van der Waals surface area contributed by atoms with Crippen LogP contribution in [0.2, 0.25) is 5.02 Å². The number of amides is 1. The fourth-order valence-electron chi connectivity index (χ4n) is 1.72. The minimum Gasteiger partial charge on any atom is -0.366 e. The summed E-state index contributed by atoms with van der Waals surface area (Å²) in [7, 11) is 0. The first kappa shape index (κ1) is 14.8.